The van der Waals surface area contributed by atoms with Gasteiger partial charge in [-0.3, -0.25) is 4.79 Å². The van der Waals surface area contributed by atoms with Crippen molar-refractivity contribution in [2.24, 2.45) is 17.0 Å². The molecule has 0 saturated carbocycles. The van der Waals surface area contributed by atoms with Gasteiger partial charge in [0.05, 0.1) is 11.9 Å². The first kappa shape index (κ1) is 15.5. The molecule has 2 aliphatic heterocycles. The van der Waals surface area contributed by atoms with Gasteiger partial charge in [-0.25, -0.2) is 18.5 Å². The van der Waals surface area contributed by atoms with Crippen molar-refractivity contribution in [1.29, 1.82) is 0 Å². The van der Waals surface area contributed by atoms with E-state index in [9.17, 15) is 13.2 Å². The maximum absolute atomic E-state index is 12.7. The molecule has 0 aromatic carbocycles. The normalized spacial score (nSPS) is 25.3. The van der Waals surface area contributed by atoms with Gasteiger partial charge in [0.15, 0.2) is 0 Å². The summed E-state index contributed by atoms with van der Waals surface area (Å²) in [7, 11) is -3.51. The van der Waals surface area contributed by atoms with Gasteiger partial charge < -0.3 is 9.47 Å². The van der Waals surface area contributed by atoms with Gasteiger partial charge in [0.2, 0.25) is 10.0 Å². The van der Waals surface area contributed by atoms with Crippen molar-refractivity contribution in [2.45, 2.75) is 32.7 Å². The van der Waals surface area contributed by atoms with Gasteiger partial charge in [0, 0.05) is 26.1 Å². The second kappa shape index (κ2) is 5.66. The maximum atomic E-state index is 12.7. The van der Waals surface area contributed by atoms with Gasteiger partial charge in [-0.15, -0.1) is 0 Å². The highest BCUT2D eigenvalue weighted by molar-refractivity contribution is 7.89. The molecule has 1 amide bonds. The summed E-state index contributed by atoms with van der Waals surface area (Å²) in [5, 5.41) is 5.14. The molecule has 0 bridgehead atoms. The quantitative estimate of drug-likeness (QED) is 0.859. The molecule has 0 unspecified atom stereocenters. The summed E-state index contributed by atoms with van der Waals surface area (Å²) in [6.07, 6.45) is 4.74. The molecule has 3 rings (SSSR count). The first-order valence-corrected chi connectivity index (χ1v) is 9.41. The number of carbonyl (C=O) groups is 1. The summed E-state index contributed by atoms with van der Waals surface area (Å²) in [5.41, 5.74) is 0.623. The van der Waals surface area contributed by atoms with Crippen molar-refractivity contribution >= 4 is 15.9 Å². The minimum Gasteiger partial charge on any atom is -0.337 e. The molecule has 1 fully saturated rings. The molecule has 2 aliphatic rings. The lowest BCUT2D eigenvalue weighted by Gasteiger charge is -2.20. The van der Waals surface area contributed by atoms with Gasteiger partial charge in [0.25, 0.3) is 5.91 Å². The van der Waals surface area contributed by atoms with Crippen molar-refractivity contribution in [3.8, 4) is 0 Å². The average Bonchev–Trinajstić information content (AvgIpc) is 3.01. The monoisotopic (exact) mass is 326 g/mol. The van der Waals surface area contributed by atoms with E-state index in [2.05, 4.69) is 4.98 Å². The van der Waals surface area contributed by atoms with Crippen LogP contribution in [-0.2, 0) is 23.0 Å². The Kier molecular flexibility index (Phi) is 3.98. The molecule has 1 aromatic heterocycles. The molecule has 8 heteroatoms. The van der Waals surface area contributed by atoms with E-state index < -0.39 is 10.0 Å². The fourth-order valence-corrected chi connectivity index (χ4v) is 4.49. The molecule has 7 nitrogen and oxygen atoms in total. The number of primary sulfonamides is 1. The third-order valence-corrected chi connectivity index (χ3v) is 5.58. The van der Waals surface area contributed by atoms with E-state index in [4.69, 9.17) is 5.14 Å². The predicted octanol–water partition coefficient (Wildman–Crippen LogP) is 0.216. The van der Waals surface area contributed by atoms with Gasteiger partial charge in [-0.2, -0.15) is 0 Å². The number of hydrogen-bond donors (Lipinski definition) is 1. The Balaban J connectivity index is 1.75. The number of sulfonamides is 1. The van der Waals surface area contributed by atoms with Crippen molar-refractivity contribution in [2.75, 3.05) is 18.8 Å². The van der Waals surface area contributed by atoms with E-state index in [1.54, 1.807) is 11.1 Å². The molecule has 0 spiro atoms. The Morgan fingerprint density at radius 2 is 2.18 bits per heavy atom. The minimum atomic E-state index is -3.51. The fourth-order valence-electron chi connectivity index (χ4n) is 3.46. The lowest BCUT2D eigenvalue weighted by molar-refractivity contribution is 0.0773. The van der Waals surface area contributed by atoms with Crippen molar-refractivity contribution < 1.29 is 13.2 Å². The Bertz CT molecular complexity index is 682. The predicted molar refractivity (Wildman–Crippen MR) is 81.7 cm³/mol. The van der Waals surface area contributed by atoms with Crippen LogP contribution in [-0.4, -0.2) is 47.6 Å². The third-order valence-electron chi connectivity index (χ3n) is 4.69. The lowest BCUT2D eigenvalue weighted by atomic mass is 10.0. The van der Waals surface area contributed by atoms with Crippen LogP contribution in [0.5, 0.6) is 0 Å². The largest absolute Gasteiger partial charge is 0.337 e. The highest BCUT2D eigenvalue weighted by Gasteiger charge is 2.36. The van der Waals surface area contributed by atoms with Crippen molar-refractivity contribution in [1.82, 2.24) is 14.5 Å². The van der Waals surface area contributed by atoms with Gasteiger partial charge >= 0.3 is 0 Å². The van der Waals surface area contributed by atoms with E-state index >= 15 is 0 Å². The molecular formula is C14H22N4O3S. The average molecular weight is 326 g/mol. The number of aromatic nitrogens is 2. The Morgan fingerprint density at radius 3 is 2.91 bits per heavy atom. The Morgan fingerprint density at radius 1 is 1.41 bits per heavy atom. The standard InChI is InChI=1S/C14H22N4O3S/c1-10-7-17(8-11(10)9-22(15,20)21)14(19)12-6-16-13-4-2-3-5-18(12)13/h6,10-11H,2-5,7-9H2,1H3,(H2,15,20,21)/t10-,11+/m1/s1. The van der Waals surface area contributed by atoms with E-state index in [1.165, 1.54) is 0 Å². The Hall–Kier alpha value is -1.41. The van der Waals surface area contributed by atoms with E-state index in [0.717, 1.165) is 31.6 Å². The molecule has 0 aliphatic carbocycles. The first-order chi connectivity index (χ1) is 10.3. The zero-order valence-electron chi connectivity index (χ0n) is 12.7. The van der Waals surface area contributed by atoms with E-state index in [-0.39, 0.29) is 23.5 Å². The summed E-state index contributed by atoms with van der Waals surface area (Å²) in [6.45, 7) is 3.81. The molecule has 2 N–H and O–H groups in total. The second-order valence-electron chi connectivity index (χ2n) is 6.45. The van der Waals surface area contributed by atoms with Crippen LogP contribution in [0.4, 0.5) is 0 Å². The topological polar surface area (TPSA) is 98.3 Å². The van der Waals surface area contributed by atoms with Gasteiger partial charge in [-0.1, -0.05) is 6.92 Å². The van der Waals surface area contributed by atoms with Crippen LogP contribution >= 0.6 is 0 Å². The number of fused-ring (bicyclic) bond motifs is 1. The summed E-state index contributed by atoms with van der Waals surface area (Å²) in [6, 6.07) is 0. The number of nitrogens with zero attached hydrogens (tertiary/aromatic N) is 3. The lowest BCUT2D eigenvalue weighted by Crippen LogP contribution is -2.32. The molecule has 122 valence electrons. The zero-order chi connectivity index (χ0) is 15.9. The molecule has 1 saturated heterocycles. The second-order valence-corrected chi connectivity index (χ2v) is 8.10. The van der Waals surface area contributed by atoms with Crippen LogP contribution in [0.1, 0.15) is 36.1 Å². The summed E-state index contributed by atoms with van der Waals surface area (Å²) < 4.78 is 24.6. The number of amides is 1. The molecular weight excluding hydrogens is 304 g/mol. The maximum Gasteiger partial charge on any atom is 0.272 e. The molecule has 2 atom stereocenters. The van der Waals surface area contributed by atoms with Crippen LogP contribution in [0, 0.1) is 11.8 Å². The molecule has 3 heterocycles. The number of aryl methyl sites for hydroxylation is 1. The SMILES string of the molecule is C[C@@H]1CN(C(=O)c2cnc3n2CCCC3)C[C@H]1CS(N)(=O)=O. The van der Waals surface area contributed by atoms with Crippen LogP contribution in [0.15, 0.2) is 6.20 Å². The van der Waals surface area contributed by atoms with Crippen LogP contribution in [0.2, 0.25) is 0 Å². The summed E-state index contributed by atoms with van der Waals surface area (Å²) in [4.78, 5) is 18.8. The molecule has 0 radical (unpaired) electrons. The van der Waals surface area contributed by atoms with Crippen molar-refractivity contribution in [3.63, 3.8) is 0 Å². The minimum absolute atomic E-state index is 0.0515. The number of likely N-dealkylation sites (tertiary alicyclic amines) is 1. The molecule has 22 heavy (non-hydrogen) atoms. The number of carbonyl (C=O) groups excluding carboxylic acids is 1. The van der Waals surface area contributed by atoms with Crippen molar-refractivity contribution in [3.05, 3.63) is 17.7 Å². The van der Waals surface area contributed by atoms with Crippen LogP contribution in [0.25, 0.3) is 0 Å². The number of imidazole rings is 1. The van der Waals surface area contributed by atoms with E-state index in [0.29, 0.717) is 18.8 Å². The number of hydrogen-bond acceptors (Lipinski definition) is 4. The third kappa shape index (κ3) is 3.03. The van der Waals surface area contributed by atoms with Crippen LogP contribution < -0.4 is 5.14 Å². The smallest absolute Gasteiger partial charge is 0.272 e. The summed E-state index contributed by atoms with van der Waals surface area (Å²) in [5.74, 6) is 0.892. The fraction of sp³-hybridized carbons (Fsp3) is 0.714. The Labute approximate surface area is 130 Å². The summed E-state index contributed by atoms with van der Waals surface area (Å²) >= 11 is 0. The molecule has 1 aromatic rings. The van der Waals surface area contributed by atoms with Gasteiger partial charge in [0.1, 0.15) is 11.5 Å². The number of rotatable bonds is 3. The highest BCUT2D eigenvalue weighted by atomic mass is 32.2. The van der Waals surface area contributed by atoms with Crippen LogP contribution in [0.3, 0.4) is 0 Å². The zero-order valence-corrected chi connectivity index (χ0v) is 13.6. The first-order valence-electron chi connectivity index (χ1n) is 7.69. The number of nitrogens with two attached hydrogens (primary N) is 1. The highest BCUT2D eigenvalue weighted by Crippen LogP contribution is 2.26. The van der Waals surface area contributed by atoms with E-state index in [1.807, 2.05) is 11.5 Å². The van der Waals surface area contributed by atoms with Gasteiger partial charge in [-0.05, 0) is 24.7 Å².